The zero-order chi connectivity index (χ0) is 27.0. The third kappa shape index (κ3) is 8.41. The highest BCUT2D eigenvalue weighted by Crippen LogP contribution is 2.37. The third-order valence-corrected chi connectivity index (χ3v) is 8.82. The molecule has 5 rings (SSSR count). The Hall–Kier alpha value is -2.71. The Balaban J connectivity index is 0.00000231. The van der Waals surface area contributed by atoms with E-state index in [1.807, 2.05) is 47.4 Å². The highest BCUT2D eigenvalue weighted by molar-refractivity contribution is 7.59. The molecule has 0 spiro atoms. The van der Waals surface area contributed by atoms with Gasteiger partial charge >= 0.3 is 0 Å². The lowest BCUT2D eigenvalue weighted by Crippen LogP contribution is -2.50. The van der Waals surface area contributed by atoms with Crippen molar-refractivity contribution in [3.8, 4) is 11.5 Å². The molecule has 1 heterocycles. The molecule has 3 N–H and O–H groups in total. The summed E-state index contributed by atoms with van der Waals surface area (Å²) in [6.45, 7) is 1.11. The summed E-state index contributed by atoms with van der Waals surface area (Å²) in [7, 11) is 0. The van der Waals surface area contributed by atoms with Gasteiger partial charge in [-0.3, -0.25) is 4.79 Å². The summed E-state index contributed by atoms with van der Waals surface area (Å²) in [6.07, 6.45) is 13.0. The van der Waals surface area contributed by atoms with E-state index in [9.17, 15) is 9.90 Å². The van der Waals surface area contributed by atoms with Crippen LogP contribution in [0.4, 0.5) is 5.69 Å². The van der Waals surface area contributed by atoms with Crippen molar-refractivity contribution in [3.63, 3.8) is 0 Å². The lowest BCUT2D eigenvalue weighted by atomic mass is 9.81. The lowest BCUT2D eigenvalue weighted by molar-refractivity contribution is -0.135. The minimum absolute atomic E-state index is 0. The van der Waals surface area contributed by atoms with Gasteiger partial charge in [0, 0.05) is 37.2 Å². The summed E-state index contributed by atoms with van der Waals surface area (Å²) in [5.41, 5.74) is 8.59. The number of aliphatic hydroxyl groups is 1. The predicted octanol–water partition coefficient (Wildman–Crippen LogP) is 6.87. The number of nitrogens with two attached hydrogens (primary N) is 1. The Morgan fingerprint density at radius 3 is 2.37 bits per heavy atom. The molecule has 2 aliphatic carbocycles. The van der Waals surface area contributed by atoms with Crippen LogP contribution in [0.3, 0.4) is 0 Å². The number of hydrogen-bond acceptors (Lipinski definition) is 6. The molecule has 8 heteroatoms. The number of guanidine groups is 1. The molecule has 226 valence electrons. The first-order chi connectivity index (χ1) is 19.1. The number of fused-ring (bicyclic) bond motifs is 1. The molecule has 41 heavy (non-hydrogen) atoms. The van der Waals surface area contributed by atoms with Crippen molar-refractivity contribution >= 4 is 31.0 Å². The molecule has 0 bridgehead atoms. The highest BCUT2D eigenvalue weighted by Gasteiger charge is 2.34. The van der Waals surface area contributed by atoms with Crippen molar-refractivity contribution in [3.05, 3.63) is 54.1 Å². The number of carbonyl (C=O) groups is 1. The van der Waals surface area contributed by atoms with Crippen LogP contribution in [0.2, 0.25) is 0 Å². The van der Waals surface area contributed by atoms with Crippen molar-refractivity contribution in [2.45, 2.75) is 103 Å². The van der Waals surface area contributed by atoms with E-state index < -0.39 is 0 Å². The van der Waals surface area contributed by atoms with Crippen LogP contribution >= 0.6 is 13.5 Å². The van der Waals surface area contributed by atoms with E-state index in [2.05, 4.69) is 11.0 Å². The number of rotatable bonds is 10. The zero-order valence-electron chi connectivity index (χ0n) is 23.6. The van der Waals surface area contributed by atoms with Gasteiger partial charge in [0.15, 0.2) is 5.96 Å². The van der Waals surface area contributed by atoms with Crippen LogP contribution in [0.25, 0.3) is 0 Å². The Morgan fingerprint density at radius 1 is 1.00 bits per heavy atom. The molecule has 1 amide bonds. The van der Waals surface area contributed by atoms with Gasteiger partial charge in [0.1, 0.15) is 11.5 Å². The van der Waals surface area contributed by atoms with Gasteiger partial charge < -0.3 is 25.4 Å². The molecule has 1 atom stereocenters. The predicted molar refractivity (Wildman–Crippen MR) is 172 cm³/mol. The van der Waals surface area contributed by atoms with E-state index in [0.717, 1.165) is 54.9 Å². The molecule has 0 unspecified atom stereocenters. The second-order valence-electron chi connectivity index (χ2n) is 11.4. The molecule has 7 nitrogen and oxygen atoms in total. The van der Waals surface area contributed by atoms with Crippen molar-refractivity contribution in [1.82, 2.24) is 9.80 Å². The molecule has 0 radical (unpaired) electrons. The Labute approximate surface area is 253 Å². The minimum atomic E-state index is 0. The first kappa shape index (κ1) is 32.8. The Morgan fingerprint density at radius 2 is 1.68 bits per heavy atom. The second kappa shape index (κ2) is 16.1. The molecular formula is C33H50N4O3S. The van der Waals surface area contributed by atoms with Crippen LogP contribution in [0.15, 0.2) is 53.5 Å². The number of aliphatic hydroxyl groups excluding tert-OH is 1. The number of para-hydroxylation sites is 1. The van der Waals surface area contributed by atoms with E-state index in [1.54, 1.807) is 0 Å². The number of nitrogens with zero attached hydrogens (tertiary/aromatic N) is 3. The van der Waals surface area contributed by atoms with Gasteiger partial charge in [0.25, 0.3) is 0 Å². The maximum Gasteiger partial charge on any atom is 0.222 e. The molecule has 0 saturated heterocycles. The third-order valence-electron chi connectivity index (χ3n) is 8.82. The largest absolute Gasteiger partial charge is 0.457 e. The van der Waals surface area contributed by atoms with Crippen LogP contribution < -0.4 is 10.5 Å². The highest BCUT2D eigenvalue weighted by atomic mass is 32.1. The molecule has 1 aliphatic heterocycles. The van der Waals surface area contributed by atoms with E-state index in [4.69, 9.17) is 15.5 Å². The number of carbonyl (C=O) groups excluding carboxylic acids is 1. The summed E-state index contributed by atoms with van der Waals surface area (Å²) >= 11 is 0. The van der Waals surface area contributed by atoms with Crippen LogP contribution in [0.5, 0.6) is 11.5 Å². The van der Waals surface area contributed by atoms with Gasteiger partial charge in [-0.2, -0.15) is 13.5 Å². The van der Waals surface area contributed by atoms with Crippen molar-refractivity contribution in [2.24, 2.45) is 16.6 Å². The van der Waals surface area contributed by atoms with Crippen molar-refractivity contribution in [1.29, 1.82) is 0 Å². The Kier molecular flexibility index (Phi) is 12.9. The lowest BCUT2D eigenvalue weighted by Gasteiger charge is -2.42. The fourth-order valence-corrected chi connectivity index (χ4v) is 6.82. The normalized spacial score (nSPS) is 18.3. The topological polar surface area (TPSA) is 91.4 Å². The van der Waals surface area contributed by atoms with Gasteiger partial charge in [-0.15, -0.1) is 0 Å². The molecule has 3 aliphatic rings. The summed E-state index contributed by atoms with van der Waals surface area (Å²) in [6, 6.07) is 16.2. The fourth-order valence-electron chi connectivity index (χ4n) is 6.82. The molecular weight excluding hydrogens is 532 g/mol. The maximum atomic E-state index is 13.5. The van der Waals surface area contributed by atoms with Crippen molar-refractivity contribution in [2.75, 3.05) is 13.2 Å². The van der Waals surface area contributed by atoms with Gasteiger partial charge in [-0.1, -0.05) is 64.2 Å². The number of benzene rings is 2. The first-order valence-electron chi connectivity index (χ1n) is 15.0. The van der Waals surface area contributed by atoms with Crippen LogP contribution in [-0.2, 0) is 11.3 Å². The molecule has 0 aromatic heterocycles. The molecule has 2 aromatic rings. The van der Waals surface area contributed by atoms with E-state index in [1.165, 1.54) is 38.5 Å². The van der Waals surface area contributed by atoms with E-state index in [0.29, 0.717) is 31.4 Å². The summed E-state index contributed by atoms with van der Waals surface area (Å²) in [5, 5.41) is 9.70. The zero-order valence-corrected chi connectivity index (χ0v) is 24.6. The maximum absolute atomic E-state index is 13.5. The monoisotopic (exact) mass is 582 g/mol. The second-order valence-corrected chi connectivity index (χ2v) is 11.4. The van der Waals surface area contributed by atoms with Gasteiger partial charge in [-0.25, -0.2) is 4.99 Å². The van der Waals surface area contributed by atoms with E-state index in [-0.39, 0.29) is 45.5 Å². The summed E-state index contributed by atoms with van der Waals surface area (Å²) < 4.78 is 6.10. The number of aliphatic imine (C=N–C) groups is 1. The standard InChI is InChI=1S/C32H44N4O3.CH4.H2S/c33-32-34-29-17-16-28(39-27-14-8-3-9-15-27)22-25(29)23-36(32)30(24-10-4-1-5-11-24)18-19-31(38)35(20-21-37)26-12-6-2-7-13-26;;/h3,8-9,14-17,22,24,26,30,37H,1-2,4-7,10-13,18-21,23H2,(H2,33,34);1H4;1H2/t30-;;/m0../s1. The van der Waals surface area contributed by atoms with Crippen LogP contribution in [0.1, 0.15) is 90.0 Å². The van der Waals surface area contributed by atoms with Gasteiger partial charge in [-0.05, 0) is 68.4 Å². The fraction of sp³-hybridized carbons (Fsp3) is 0.576. The minimum Gasteiger partial charge on any atom is -0.457 e. The molecule has 2 aromatic carbocycles. The molecule has 2 fully saturated rings. The number of ether oxygens (including phenoxy) is 1. The smallest absolute Gasteiger partial charge is 0.222 e. The van der Waals surface area contributed by atoms with E-state index >= 15 is 0 Å². The summed E-state index contributed by atoms with van der Waals surface area (Å²) in [4.78, 5) is 22.5. The Bertz CT molecular complexity index is 1120. The first-order valence-corrected chi connectivity index (χ1v) is 15.0. The van der Waals surface area contributed by atoms with Crippen LogP contribution in [-0.4, -0.2) is 52.0 Å². The van der Waals surface area contributed by atoms with Gasteiger partial charge in [0.05, 0.1) is 12.3 Å². The van der Waals surface area contributed by atoms with Gasteiger partial charge in [0.2, 0.25) is 5.91 Å². The average Bonchev–Trinajstić information content (AvgIpc) is 2.98. The van der Waals surface area contributed by atoms with Crippen molar-refractivity contribution < 1.29 is 14.6 Å². The SMILES string of the molecule is C.NC1=Nc2ccc(Oc3ccccc3)cc2CN1[C@@H](CCC(=O)N(CCO)C1CCCCC1)C1CCCCC1.S. The van der Waals surface area contributed by atoms with Crippen LogP contribution in [0, 0.1) is 5.92 Å². The molecule has 2 saturated carbocycles. The quantitative estimate of drug-likeness (QED) is 0.319. The number of hydrogen-bond donors (Lipinski definition) is 2. The average molecular weight is 583 g/mol. The summed E-state index contributed by atoms with van der Waals surface area (Å²) in [5.74, 6) is 2.79. The number of amides is 1.